The van der Waals surface area contributed by atoms with Crippen LogP contribution in [-0.2, 0) is 4.79 Å². The number of hydrogen-bond acceptors (Lipinski definition) is 2. The van der Waals surface area contributed by atoms with E-state index in [2.05, 4.69) is 30.0 Å². The molecule has 1 aliphatic carbocycles. The lowest BCUT2D eigenvalue weighted by Gasteiger charge is -2.32. The van der Waals surface area contributed by atoms with Crippen LogP contribution in [-0.4, -0.2) is 24.2 Å². The van der Waals surface area contributed by atoms with Gasteiger partial charge in [0.1, 0.15) is 0 Å². The van der Waals surface area contributed by atoms with Gasteiger partial charge in [0.15, 0.2) is 0 Å². The number of rotatable bonds is 5. The van der Waals surface area contributed by atoms with Gasteiger partial charge in [-0.25, -0.2) is 0 Å². The van der Waals surface area contributed by atoms with Crippen molar-refractivity contribution in [3.8, 4) is 0 Å². The van der Waals surface area contributed by atoms with E-state index in [0.717, 1.165) is 13.1 Å². The quantitative estimate of drug-likeness (QED) is 0.891. The average Bonchev–Trinajstić information content (AvgIpc) is 3.30. The van der Waals surface area contributed by atoms with Gasteiger partial charge in [-0.15, -0.1) is 0 Å². The third-order valence-electron chi connectivity index (χ3n) is 4.86. The Hall–Kier alpha value is -1.51. The second-order valence-electron chi connectivity index (χ2n) is 6.65. The molecule has 0 bridgehead atoms. The fourth-order valence-corrected chi connectivity index (χ4v) is 3.61. The molecule has 1 unspecified atom stereocenters. The summed E-state index contributed by atoms with van der Waals surface area (Å²) in [5, 5.41) is 9.28. The number of aryl methyl sites for hydroxylation is 1. The lowest BCUT2D eigenvalue weighted by molar-refractivity contribution is -0.137. The zero-order chi connectivity index (χ0) is 14.8. The molecule has 3 heteroatoms. The summed E-state index contributed by atoms with van der Waals surface area (Å²) in [4.78, 5) is 13.7. The van der Waals surface area contributed by atoms with Crippen molar-refractivity contribution in [2.45, 2.75) is 51.4 Å². The first kappa shape index (κ1) is 14.4. The first-order valence-electron chi connectivity index (χ1n) is 8.22. The fourth-order valence-electron chi connectivity index (χ4n) is 3.61. The van der Waals surface area contributed by atoms with Crippen molar-refractivity contribution in [1.29, 1.82) is 0 Å². The van der Waals surface area contributed by atoms with Crippen LogP contribution in [0.15, 0.2) is 18.2 Å². The van der Waals surface area contributed by atoms with Crippen LogP contribution in [0.5, 0.6) is 0 Å². The minimum Gasteiger partial charge on any atom is -0.481 e. The number of piperidine rings is 1. The van der Waals surface area contributed by atoms with E-state index in [9.17, 15) is 9.90 Å². The Kier molecular flexibility index (Phi) is 4.18. The van der Waals surface area contributed by atoms with E-state index in [1.165, 1.54) is 48.9 Å². The van der Waals surface area contributed by atoms with Crippen molar-refractivity contribution in [3.05, 3.63) is 29.3 Å². The Bertz CT molecular complexity index is 516. The molecule has 114 valence electrons. The van der Waals surface area contributed by atoms with Crippen LogP contribution in [0, 0.1) is 12.8 Å². The smallest absolute Gasteiger partial charge is 0.303 e. The average molecular weight is 287 g/mol. The van der Waals surface area contributed by atoms with Crippen molar-refractivity contribution in [2.75, 3.05) is 18.0 Å². The SMILES string of the molecule is Cc1ccc(N2CCCCC2)c(C(CC(=O)O)C2CC2)c1. The molecule has 1 aliphatic heterocycles. The normalized spacial score (nSPS) is 20.3. The molecule has 21 heavy (non-hydrogen) atoms. The standard InChI is InChI=1S/C18H25NO2/c1-13-5-8-17(19-9-3-2-4-10-19)16(11-13)15(12-18(20)21)14-6-7-14/h5,8,11,14-15H,2-4,6-7,9-10,12H2,1H3,(H,20,21). The minimum atomic E-state index is -0.669. The van der Waals surface area contributed by atoms with Gasteiger partial charge in [0.25, 0.3) is 0 Å². The van der Waals surface area contributed by atoms with Gasteiger partial charge < -0.3 is 10.0 Å². The zero-order valence-electron chi connectivity index (χ0n) is 12.8. The predicted molar refractivity (Wildman–Crippen MR) is 85.0 cm³/mol. The summed E-state index contributed by atoms with van der Waals surface area (Å²) < 4.78 is 0. The molecular weight excluding hydrogens is 262 g/mol. The van der Waals surface area contributed by atoms with E-state index in [-0.39, 0.29) is 12.3 Å². The number of carbonyl (C=O) groups is 1. The topological polar surface area (TPSA) is 40.5 Å². The maximum Gasteiger partial charge on any atom is 0.303 e. The highest BCUT2D eigenvalue weighted by molar-refractivity contribution is 5.69. The third kappa shape index (κ3) is 3.39. The van der Waals surface area contributed by atoms with Crippen LogP contribution in [0.1, 0.15) is 55.6 Å². The lowest BCUT2D eigenvalue weighted by atomic mass is 9.88. The van der Waals surface area contributed by atoms with E-state index < -0.39 is 5.97 Å². The second-order valence-corrected chi connectivity index (χ2v) is 6.65. The molecular formula is C18H25NO2. The first-order chi connectivity index (χ1) is 10.1. The third-order valence-corrected chi connectivity index (χ3v) is 4.86. The number of nitrogens with zero attached hydrogens (tertiary/aromatic N) is 1. The molecule has 1 aromatic carbocycles. The summed E-state index contributed by atoms with van der Waals surface area (Å²) in [6, 6.07) is 6.61. The molecule has 1 saturated heterocycles. The number of carboxylic acids is 1. The Morgan fingerprint density at radius 1 is 1.29 bits per heavy atom. The number of benzene rings is 1. The van der Waals surface area contributed by atoms with Crippen molar-refractivity contribution in [1.82, 2.24) is 0 Å². The highest BCUT2D eigenvalue weighted by atomic mass is 16.4. The Labute approximate surface area is 127 Å². The van der Waals surface area contributed by atoms with E-state index in [0.29, 0.717) is 5.92 Å². The molecule has 3 nitrogen and oxygen atoms in total. The summed E-state index contributed by atoms with van der Waals surface area (Å²) in [5.74, 6) is 0.101. The minimum absolute atomic E-state index is 0.194. The van der Waals surface area contributed by atoms with Crippen molar-refractivity contribution in [2.24, 2.45) is 5.92 Å². The van der Waals surface area contributed by atoms with Gasteiger partial charge in [-0.3, -0.25) is 4.79 Å². The summed E-state index contributed by atoms with van der Waals surface area (Å²) in [5.41, 5.74) is 3.81. The van der Waals surface area contributed by atoms with Gasteiger partial charge in [-0.2, -0.15) is 0 Å². The largest absolute Gasteiger partial charge is 0.481 e. The molecule has 1 heterocycles. The Morgan fingerprint density at radius 3 is 2.62 bits per heavy atom. The molecule has 0 amide bonds. The van der Waals surface area contributed by atoms with Crippen molar-refractivity contribution < 1.29 is 9.90 Å². The summed E-state index contributed by atoms with van der Waals surface area (Å²) in [6.07, 6.45) is 6.46. The second kappa shape index (κ2) is 6.08. The highest BCUT2D eigenvalue weighted by Gasteiger charge is 2.35. The fraction of sp³-hybridized carbons (Fsp3) is 0.611. The molecule has 1 saturated carbocycles. The van der Waals surface area contributed by atoms with Gasteiger partial charge in [-0.1, -0.05) is 17.7 Å². The molecule has 2 aliphatic rings. The maximum atomic E-state index is 11.3. The van der Waals surface area contributed by atoms with Crippen LogP contribution < -0.4 is 4.90 Å². The maximum absolute atomic E-state index is 11.3. The first-order valence-corrected chi connectivity index (χ1v) is 8.22. The highest BCUT2D eigenvalue weighted by Crippen LogP contribution is 2.47. The van der Waals surface area contributed by atoms with E-state index in [1.54, 1.807) is 0 Å². The predicted octanol–water partition coefficient (Wildman–Crippen LogP) is 3.95. The number of carboxylic acid groups (broad SMARTS) is 1. The van der Waals surface area contributed by atoms with E-state index in [1.807, 2.05) is 0 Å². The van der Waals surface area contributed by atoms with Crippen molar-refractivity contribution in [3.63, 3.8) is 0 Å². The van der Waals surface area contributed by atoms with Gasteiger partial charge in [0.2, 0.25) is 0 Å². The molecule has 0 radical (unpaired) electrons. The molecule has 1 aromatic rings. The van der Waals surface area contributed by atoms with Crippen molar-refractivity contribution >= 4 is 11.7 Å². The summed E-state index contributed by atoms with van der Waals surface area (Å²) in [6.45, 7) is 4.33. The van der Waals surface area contributed by atoms with Gasteiger partial charge in [0.05, 0.1) is 6.42 Å². The number of hydrogen-bond donors (Lipinski definition) is 1. The number of aliphatic carboxylic acids is 1. The molecule has 0 aromatic heterocycles. The monoisotopic (exact) mass is 287 g/mol. The lowest BCUT2D eigenvalue weighted by Crippen LogP contribution is -2.30. The Morgan fingerprint density at radius 2 is 2.00 bits per heavy atom. The molecule has 1 atom stereocenters. The molecule has 2 fully saturated rings. The molecule has 3 rings (SSSR count). The van der Waals surface area contributed by atoms with E-state index in [4.69, 9.17) is 0 Å². The van der Waals surface area contributed by atoms with E-state index >= 15 is 0 Å². The van der Waals surface area contributed by atoms with Crippen LogP contribution >= 0.6 is 0 Å². The van der Waals surface area contributed by atoms with Crippen LogP contribution in [0.25, 0.3) is 0 Å². The summed E-state index contributed by atoms with van der Waals surface area (Å²) >= 11 is 0. The zero-order valence-corrected chi connectivity index (χ0v) is 12.8. The molecule has 0 spiro atoms. The molecule has 1 N–H and O–H groups in total. The van der Waals surface area contributed by atoms with Crippen LogP contribution in [0.4, 0.5) is 5.69 Å². The Balaban J connectivity index is 1.93. The van der Waals surface area contributed by atoms with Gasteiger partial charge >= 0.3 is 5.97 Å². The van der Waals surface area contributed by atoms with Crippen LogP contribution in [0.2, 0.25) is 0 Å². The van der Waals surface area contributed by atoms with Gasteiger partial charge in [-0.05, 0) is 62.5 Å². The number of anilines is 1. The summed E-state index contributed by atoms with van der Waals surface area (Å²) in [7, 11) is 0. The van der Waals surface area contributed by atoms with Crippen LogP contribution in [0.3, 0.4) is 0 Å². The van der Waals surface area contributed by atoms with Gasteiger partial charge in [0, 0.05) is 18.8 Å².